The molecule has 0 fully saturated rings. The lowest BCUT2D eigenvalue weighted by molar-refractivity contribution is 0.0989. The van der Waals surface area contributed by atoms with Crippen LogP contribution in [0.2, 0.25) is 0 Å². The van der Waals surface area contributed by atoms with Gasteiger partial charge in [0.1, 0.15) is 0 Å². The average molecular weight is 344 g/mol. The Balaban J connectivity index is 1.82. The Labute approximate surface area is 142 Å². The Bertz CT molecular complexity index is 848. The summed E-state index contributed by atoms with van der Waals surface area (Å²) in [5, 5.41) is 0. The third-order valence-corrected chi connectivity index (χ3v) is 5.53. The Morgan fingerprint density at radius 1 is 1.17 bits per heavy atom. The molecule has 1 amide bonds. The summed E-state index contributed by atoms with van der Waals surface area (Å²) in [5.41, 5.74) is 3.49. The van der Waals surface area contributed by atoms with Crippen molar-refractivity contribution in [1.29, 1.82) is 0 Å². The smallest absolute Gasteiger partial charge is 0.258 e. The molecule has 2 aromatic carbocycles. The highest BCUT2D eigenvalue weighted by Crippen LogP contribution is 2.30. The van der Waals surface area contributed by atoms with Gasteiger partial charge in [0.25, 0.3) is 5.91 Å². The molecule has 24 heavy (non-hydrogen) atoms. The van der Waals surface area contributed by atoms with Crippen LogP contribution in [-0.2, 0) is 23.0 Å². The standard InChI is InChI=1S/C18H20N2O3S/c1-2-24(22,23)19-13-14-8-9-15-10-11-20(17(15)12-14)18(21)16-6-4-3-5-7-16/h3-9,12,19H,2,10-11,13H2,1H3. The number of carbonyl (C=O) groups excluding carboxylic acids is 1. The minimum absolute atomic E-state index is 0.0272. The van der Waals surface area contributed by atoms with Crippen LogP contribution in [0.3, 0.4) is 0 Å². The van der Waals surface area contributed by atoms with Gasteiger partial charge in [-0.15, -0.1) is 0 Å². The number of carbonyl (C=O) groups is 1. The summed E-state index contributed by atoms with van der Waals surface area (Å²) in [6.45, 7) is 2.48. The van der Waals surface area contributed by atoms with Gasteiger partial charge in [-0.2, -0.15) is 0 Å². The Morgan fingerprint density at radius 2 is 1.92 bits per heavy atom. The van der Waals surface area contributed by atoms with Gasteiger partial charge >= 0.3 is 0 Å². The molecule has 0 aromatic heterocycles. The zero-order valence-corrected chi connectivity index (χ0v) is 14.3. The van der Waals surface area contributed by atoms with Crippen LogP contribution in [-0.4, -0.2) is 26.6 Å². The maximum Gasteiger partial charge on any atom is 0.258 e. The largest absolute Gasteiger partial charge is 0.308 e. The number of nitrogens with one attached hydrogen (secondary N) is 1. The molecule has 2 aromatic rings. The van der Waals surface area contributed by atoms with Gasteiger partial charge in [0, 0.05) is 24.3 Å². The second-order valence-electron chi connectivity index (χ2n) is 5.76. The number of rotatable bonds is 5. The molecule has 6 heteroatoms. The van der Waals surface area contributed by atoms with Crippen LogP contribution in [0.1, 0.15) is 28.4 Å². The Kier molecular flexibility index (Phi) is 4.69. The first-order valence-electron chi connectivity index (χ1n) is 7.96. The van der Waals surface area contributed by atoms with Crippen LogP contribution in [0, 0.1) is 0 Å². The van der Waals surface area contributed by atoms with E-state index in [9.17, 15) is 13.2 Å². The highest BCUT2D eigenvalue weighted by atomic mass is 32.2. The van der Waals surface area contributed by atoms with Gasteiger partial charge in [0.05, 0.1) is 5.75 Å². The molecule has 1 aliphatic heterocycles. The van der Waals surface area contributed by atoms with Crippen LogP contribution in [0.15, 0.2) is 48.5 Å². The molecule has 0 saturated heterocycles. The van der Waals surface area contributed by atoms with Crippen molar-refractivity contribution in [3.63, 3.8) is 0 Å². The Morgan fingerprint density at radius 3 is 2.62 bits per heavy atom. The first-order chi connectivity index (χ1) is 11.5. The van der Waals surface area contributed by atoms with Gasteiger partial charge in [-0.05, 0) is 42.7 Å². The molecule has 1 heterocycles. The summed E-state index contributed by atoms with van der Waals surface area (Å²) in [4.78, 5) is 14.5. The molecule has 3 rings (SSSR count). The number of sulfonamides is 1. The van der Waals surface area contributed by atoms with Crippen molar-refractivity contribution in [2.24, 2.45) is 0 Å². The maximum atomic E-state index is 12.7. The van der Waals surface area contributed by atoms with Gasteiger partial charge in [0.15, 0.2) is 0 Å². The molecule has 126 valence electrons. The van der Waals surface area contributed by atoms with Crippen LogP contribution >= 0.6 is 0 Å². The molecule has 0 spiro atoms. The van der Waals surface area contributed by atoms with Gasteiger partial charge in [0.2, 0.25) is 10.0 Å². The van der Waals surface area contributed by atoms with Gasteiger partial charge in [-0.1, -0.05) is 30.3 Å². The molecule has 0 saturated carbocycles. The van der Waals surface area contributed by atoms with E-state index < -0.39 is 10.0 Å². The minimum Gasteiger partial charge on any atom is -0.308 e. The van der Waals surface area contributed by atoms with Gasteiger partial charge in [-0.3, -0.25) is 4.79 Å². The van der Waals surface area contributed by atoms with E-state index in [0.717, 1.165) is 23.2 Å². The lowest BCUT2D eigenvalue weighted by atomic mass is 10.1. The summed E-state index contributed by atoms with van der Waals surface area (Å²) in [7, 11) is -3.24. The number of nitrogens with zero attached hydrogens (tertiary/aromatic N) is 1. The second-order valence-corrected chi connectivity index (χ2v) is 7.86. The fourth-order valence-electron chi connectivity index (χ4n) is 2.78. The average Bonchev–Trinajstić information content (AvgIpc) is 3.03. The fourth-order valence-corrected chi connectivity index (χ4v) is 3.37. The van der Waals surface area contributed by atoms with Crippen molar-refractivity contribution in [2.45, 2.75) is 19.9 Å². The summed E-state index contributed by atoms with van der Waals surface area (Å²) >= 11 is 0. The molecule has 1 aliphatic rings. The number of anilines is 1. The SMILES string of the molecule is CCS(=O)(=O)NCc1ccc2c(c1)N(C(=O)c1ccccc1)CC2. The first-order valence-corrected chi connectivity index (χ1v) is 9.61. The number of hydrogen-bond donors (Lipinski definition) is 1. The highest BCUT2D eigenvalue weighted by molar-refractivity contribution is 7.89. The molecule has 0 aliphatic carbocycles. The number of fused-ring (bicyclic) bond motifs is 1. The molecule has 5 nitrogen and oxygen atoms in total. The summed E-state index contributed by atoms with van der Waals surface area (Å²) in [6.07, 6.45) is 0.814. The minimum atomic E-state index is -3.24. The van der Waals surface area contributed by atoms with E-state index in [0.29, 0.717) is 12.1 Å². The van der Waals surface area contributed by atoms with Gasteiger partial charge < -0.3 is 4.90 Å². The summed E-state index contributed by atoms with van der Waals surface area (Å²) in [5.74, 6) is 0.0250. The van der Waals surface area contributed by atoms with E-state index in [1.807, 2.05) is 36.4 Å². The number of amides is 1. The fraction of sp³-hybridized carbons (Fsp3) is 0.278. The highest BCUT2D eigenvalue weighted by Gasteiger charge is 2.25. The molecule has 0 unspecified atom stereocenters. The summed E-state index contributed by atoms with van der Waals surface area (Å²) < 4.78 is 25.7. The van der Waals surface area contributed by atoms with Crippen molar-refractivity contribution in [3.05, 3.63) is 65.2 Å². The van der Waals surface area contributed by atoms with Crippen molar-refractivity contribution in [1.82, 2.24) is 4.72 Å². The third kappa shape index (κ3) is 3.49. The molecule has 0 atom stereocenters. The van der Waals surface area contributed by atoms with Crippen molar-refractivity contribution in [2.75, 3.05) is 17.2 Å². The second kappa shape index (κ2) is 6.75. The van der Waals surface area contributed by atoms with E-state index in [1.165, 1.54) is 0 Å². The first kappa shape index (κ1) is 16.7. The number of hydrogen-bond acceptors (Lipinski definition) is 3. The van der Waals surface area contributed by atoms with Crippen LogP contribution in [0.25, 0.3) is 0 Å². The van der Waals surface area contributed by atoms with Gasteiger partial charge in [-0.25, -0.2) is 13.1 Å². The third-order valence-electron chi connectivity index (χ3n) is 4.19. The van der Waals surface area contributed by atoms with Crippen LogP contribution < -0.4 is 9.62 Å². The number of benzene rings is 2. The monoisotopic (exact) mass is 344 g/mol. The van der Waals surface area contributed by atoms with Crippen molar-refractivity contribution in [3.8, 4) is 0 Å². The zero-order valence-electron chi connectivity index (χ0n) is 13.5. The quantitative estimate of drug-likeness (QED) is 0.905. The Hall–Kier alpha value is -2.18. The van der Waals surface area contributed by atoms with E-state index in [2.05, 4.69) is 4.72 Å². The molecule has 0 bridgehead atoms. The predicted octanol–water partition coefficient (Wildman–Crippen LogP) is 2.33. The van der Waals surface area contributed by atoms with E-state index >= 15 is 0 Å². The topological polar surface area (TPSA) is 66.5 Å². The van der Waals surface area contributed by atoms with Crippen LogP contribution in [0.5, 0.6) is 0 Å². The van der Waals surface area contributed by atoms with E-state index in [-0.39, 0.29) is 18.2 Å². The van der Waals surface area contributed by atoms with Crippen molar-refractivity contribution >= 4 is 21.6 Å². The van der Waals surface area contributed by atoms with E-state index in [4.69, 9.17) is 0 Å². The lowest BCUT2D eigenvalue weighted by Crippen LogP contribution is -2.29. The lowest BCUT2D eigenvalue weighted by Gasteiger charge is -2.18. The predicted molar refractivity (Wildman–Crippen MR) is 94.6 cm³/mol. The summed E-state index contributed by atoms with van der Waals surface area (Å²) in [6, 6.07) is 15.0. The molecule has 0 radical (unpaired) electrons. The molecule has 1 N–H and O–H groups in total. The van der Waals surface area contributed by atoms with Crippen molar-refractivity contribution < 1.29 is 13.2 Å². The normalized spacial score (nSPS) is 13.8. The van der Waals surface area contributed by atoms with E-state index in [1.54, 1.807) is 24.0 Å². The molecular formula is C18H20N2O3S. The zero-order chi connectivity index (χ0) is 17.2. The van der Waals surface area contributed by atoms with Crippen LogP contribution in [0.4, 0.5) is 5.69 Å². The molecular weight excluding hydrogens is 324 g/mol. The maximum absolute atomic E-state index is 12.7.